The largest absolute Gasteiger partial charge is 0.493 e. The Bertz CT molecular complexity index is 1070. The molecule has 146 valence electrons. The predicted molar refractivity (Wildman–Crippen MR) is 109 cm³/mol. The van der Waals surface area contributed by atoms with Crippen molar-refractivity contribution >= 4 is 12.0 Å². The predicted octanol–water partition coefficient (Wildman–Crippen LogP) is 3.32. The molecule has 0 aliphatic rings. The van der Waals surface area contributed by atoms with E-state index in [4.69, 9.17) is 9.47 Å². The first-order chi connectivity index (χ1) is 14.2. The Morgan fingerprint density at radius 1 is 1.17 bits per heavy atom. The second-order valence-electron chi connectivity index (χ2n) is 6.11. The number of carbonyl (C=O) groups excluding carboxylic acids is 1. The fourth-order valence-electron chi connectivity index (χ4n) is 2.81. The Kier molecular flexibility index (Phi) is 6.28. The molecule has 0 fully saturated rings. The van der Waals surface area contributed by atoms with Crippen molar-refractivity contribution in [2.75, 3.05) is 14.2 Å². The fourth-order valence-corrected chi connectivity index (χ4v) is 2.81. The van der Waals surface area contributed by atoms with E-state index < -0.39 is 5.91 Å². The normalized spacial score (nSPS) is 10.9. The van der Waals surface area contributed by atoms with Crippen molar-refractivity contribution in [3.63, 3.8) is 0 Å². The summed E-state index contributed by atoms with van der Waals surface area (Å²) < 4.78 is 10.6. The summed E-state index contributed by atoms with van der Waals surface area (Å²) in [4.78, 5) is 12.4. The van der Waals surface area contributed by atoms with Crippen molar-refractivity contribution in [2.45, 2.75) is 6.54 Å². The van der Waals surface area contributed by atoms with Gasteiger partial charge in [0.05, 0.1) is 26.1 Å². The Morgan fingerprint density at radius 2 is 1.93 bits per heavy atom. The minimum atomic E-state index is -0.448. The van der Waals surface area contributed by atoms with E-state index in [2.05, 4.69) is 15.5 Å². The first-order valence-electron chi connectivity index (χ1n) is 8.86. The quantitative estimate of drug-likeness (QED) is 0.478. The van der Waals surface area contributed by atoms with Crippen molar-refractivity contribution in [1.29, 1.82) is 5.26 Å². The number of hydrogen-bond donors (Lipinski definition) is 2. The average molecular weight is 388 g/mol. The van der Waals surface area contributed by atoms with E-state index in [9.17, 15) is 10.1 Å². The first-order valence-corrected chi connectivity index (χ1v) is 8.86. The van der Waals surface area contributed by atoms with Gasteiger partial charge in [-0.15, -0.1) is 0 Å². The number of benzene rings is 2. The van der Waals surface area contributed by atoms with E-state index in [1.54, 1.807) is 32.5 Å². The molecule has 0 atom stereocenters. The van der Waals surface area contributed by atoms with Crippen molar-refractivity contribution < 1.29 is 14.3 Å². The smallest absolute Gasteiger partial charge is 0.262 e. The number of nitrogens with zero attached hydrogens (tertiary/aromatic N) is 2. The topological polar surface area (TPSA) is 100 Å². The molecular weight excluding hydrogens is 368 g/mol. The molecule has 0 bridgehead atoms. The van der Waals surface area contributed by atoms with Gasteiger partial charge >= 0.3 is 0 Å². The molecule has 0 saturated heterocycles. The lowest BCUT2D eigenvalue weighted by molar-refractivity contribution is -0.117. The standard InChI is InChI=1S/C22H20N4O3/c1-28-19-9-8-16(11-20(19)29-2)21-18(14-25-26-21)10-17(12-23)22(27)24-13-15-6-4-3-5-7-15/h3-11,14H,13H2,1-2H3,(H,24,27)(H,25,26). The Labute approximate surface area is 168 Å². The van der Waals surface area contributed by atoms with Gasteiger partial charge in [0.25, 0.3) is 5.91 Å². The van der Waals surface area contributed by atoms with Gasteiger partial charge in [0, 0.05) is 17.7 Å². The summed E-state index contributed by atoms with van der Waals surface area (Å²) in [6, 6.07) is 16.9. The van der Waals surface area contributed by atoms with Gasteiger partial charge in [0.2, 0.25) is 0 Å². The van der Waals surface area contributed by atoms with Crippen LogP contribution in [0.25, 0.3) is 17.3 Å². The summed E-state index contributed by atoms with van der Waals surface area (Å²) in [5, 5.41) is 19.2. The molecule has 1 amide bonds. The number of rotatable bonds is 7. The Morgan fingerprint density at radius 3 is 2.62 bits per heavy atom. The highest BCUT2D eigenvalue weighted by atomic mass is 16.5. The molecule has 2 aromatic carbocycles. The zero-order chi connectivity index (χ0) is 20.6. The Balaban J connectivity index is 1.84. The highest BCUT2D eigenvalue weighted by molar-refractivity contribution is 6.02. The Hall–Kier alpha value is -4.05. The molecule has 2 N–H and O–H groups in total. The molecule has 7 nitrogen and oxygen atoms in total. The number of aromatic nitrogens is 2. The van der Waals surface area contributed by atoms with Crippen LogP contribution in [0.15, 0.2) is 60.3 Å². The van der Waals surface area contributed by atoms with E-state index in [1.165, 1.54) is 6.08 Å². The maximum Gasteiger partial charge on any atom is 0.262 e. The van der Waals surface area contributed by atoms with Crippen LogP contribution in [0.3, 0.4) is 0 Å². The maximum absolute atomic E-state index is 12.4. The van der Waals surface area contributed by atoms with Crippen LogP contribution in [-0.2, 0) is 11.3 Å². The van der Waals surface area contributed by atoms with Crippen LogP contribution in [0.4, 0.5) is 0 Å². The molecule has 1 aromatic heterocycles. The number of H-pyrrole nitrogens is 1. The van der Waals surface area contributed by atoms with Crippen LogP contribution in [-0.4, -0.2) is 30.3 Å². The first kappa shape index (κ1) is 19.7. The second kappa shape index (κ2) is 9.24. The van der Waals surface area contributed by atoms with E-state index in [-0.39, 0.29) is 5.57 Å². The van der Waals surface area contributed by atoms with E-state index in [1.807, 2.05) is 42.5 Å². The third-order valence-electron chi connectivity index (χ3n) is 4.30. The zero-order valence-corrected chi connectivity index (χ0v) is 16.1. The molecule has 1 heterocycles. The van der Waals surface area contributed by atoms with Gasteiger partial charge in [-0.3, -0.25) is 9.89 Å². The van der Waals surface area contributed by atoms with Crippen LogP contribution >= 0.6 is 0 Å². The highest BCUT2D eigenvalue weighted by Gasteiger charge is 2.14. The van der Waals surface area contributed by atoms with Gasteiger partial charge in [-0.2, -0.15) is 10.4 Å². The highest BCUT2D eigenvalue weighted by Crippen LogP contribution is 2.33. The molecular formula is C22H20N4O3. The molecule has 0 saturated carbocycles. The minimum absolute atomic E-state index is 0.0101. The van der Waals surface area contributed by atoms with E-state index >= 15 is 0 Å². The summed E-state index contributed by atoms with van der Waals surface area (Å²) >= 11 is 0. The van der Waals surface area contributed by atoms with Crippen molar-refractivity contribution in [2.24, 2.45) is 0 Å². The lowest BCUT2D eigenvalue weighted by atomic mass is 10.1. The summed E-state index contributed by atoms with van der Waals surface area (Å²) in [6.45, 7) is 0.340. The summed E-state index contributed by atoms with van der Waals surface area (Å²) in [5.41, 5.74) is 3.00. The number of aromatic amines is 1. The van der Waals surface area contributed by atoms with Crippen LogP contribution in [0, 0.1) is 11.3 Å². The van der Waals surface area contributed by atoms with Crippen LogP contribution in [0.1, 0.15) is 11.1 Å². The van der Waals surface area contributed by atoms with Gasteiger partial charge in [0.15, 0.2) is 11.5 Å². The van der Waals surface area contributed by atoms with Gasteiger partial charge in [-0.1, -0.05) is 30.3 Å². The van der Waals surface area contributed by atoms with Crippen LogP contribution < -0.4 is 14.8 Å². The zero-order valence-electron chi connectivity index (χ0n) is 16.1. The number of nitrogens with one attached hydrogen (secondary N) is 2. The van der Waals surface area contributed by atoms with Crippen molar-refractivity contribution in [3.8, 4) is 28.8 Å². The minimum Gasteiger partial charge on any atom is -0.493 e. The molecule has 3 aromatic rings. The number of carbonyl (C=O) groups is 1. The molecule has 0 radical (unpaired) electrons. The average Bonchev–Trinajstić information content (AvgIpc) is 3.24. The van der Waals surface area contributed by atoms with Gasteiger partial charge in [0.1, 0.15) is 11.6 Å². The molecule has 29 heavy (non-hydrogen) atoms. The number of amides is 1. The van der Waals surface area contributed by atoms with Crippen molar-refractivity contribution in [1.82, 2.24) is 15.5 Å². The molecule has 3 rings (SSSR count). The molecule has 0 unspecified atom stereocenters. The third-order valence-corrected chi connectivity index (χ3v) is 4.30. The lowest BCUT2D eigenvalue weighted by Gasteiger charge is -2.09. The van der Waals surface area contributed by atoms with E-state index in [0.717, 1.165) is 11.1 Å². The summed E-state index contributed by atoms with van der Waals surface area (Å²) in [6.07, 6.45) is 3.07. The maximum atomic E-state index is 12.4. The molecule has 7 heteroatoms. The van der Waals surface area contributed by atoms with Crippen LogP contribution in [0.2, 0.25) is 0 Å². The van der Waals surface area contributed by atoms with Crippen LogP contribution in [0.5, 0.6) is 11.5 Å². The summed E-state index contributed by atoms with van der Waals surface area (Å²) in [7, 11) is 3.12. The van der Waals surface area contributed by atoms with Gasteiger partial charge < -0.3 is 14.8 Å². The fraction of sp³-hybridized carbons (Fsp3) is 0.136. The van der Waals surface area contributed by atoms with Gasteiger partial charge in [-0.25, -0.2) is 0 Å². The molecule has 0 aliphatic heterocycles. The third kappa shape index (κ3) is 4.62. The SMILES string of the molecule is COc1ccc(-c2[nH]ncc2C=C(C#N)C(=O)NCc2ccccc2)cc1OC. The molecule has 0 aliphatic carbocycles. The number of ether oxygens (including phenoxy) is 2. The van der Waals surface area contributed by atoms with Crippen molar-refractivity contribution in [3.05, 3.63) is 71.4 Å². The second-order valence-corrected chi connectivity index (χ2v) is 6.11. The van der Waals surface area contributed by atoms with Gasteiger partial charge in [-0.05, 0) is 29.8 Å². The summed E-state index contributed by atoms with van der Waals surface area (Å²) in [5.74, 6) is 0.720. The monoisotopic (exact) mass is 388 g/mol. The number of methoxy groups -OCH3 is 2. The lowest BCUT2D eigenvalue weighted by Crippen LogP contribution is -2.23. The molecule has 0 spiro atoms. The number of hydrogen-bond acceptors (Lipinski definition) is 5. The number of nitriles is 1. The van der Waals surface area contributed by atoms with E-state index in [0.29, 0.717) is 29.3 Å².